The highest BCUT2D eigenvalue weighted by atomic mass is 35.5. The zero-order chi connectivity index (χ0) is 19.2. The number of nitrogens with two attached hydrogens (primary N) is 1. The van der Waals surface area contributed by atoms with Crippen molar-refractivity contribution in [3.63, 3.8) is 0 Å². The lowest BCUT2D eigenvalue weighted by Crippen LogP contribution is -2.44. The van der Waals surface area contributed by atoms with Crippen LogP contribution >= 0.6 is 12.4 Å². The molecule has 2 unspecified atom stereocenters. The van der Waals surface area contributed by atoms with Gasteiger partial charge in [0.1, 0.15) is 5.75 Å². The van der Waals surface area contributed by atoms with E-state index in [9.17, 15) is 13.2 Å². The number of nitrogens with one attached hydrogen (secondary N) is 2. The van der Waals surface area contributed by atoms with E-state index >= 15 is 0 Å². The van der Waals surface area contributed by atoms with Crippen LogP contribution in [0.5, 0.6) is 5.75 Å². The minimum Gasteiger partial charge on any atom is -0.496 e. The van der Waals surface area contributed by atoms with Crippen LogP contribution in [0.1, 0.15) is 44.6 Å². The summed E-state index contributed by atoms with van der Waals surface area (Å²) >= 11 is 0. The van der Waals surface area contributed by atoms with Crippen molar-refractivity contribution in [3.8, 4) is 5.75 Å². The SMILES string of the molecule is CCC(=O)NCc1cc(S(=O)(=O)NC2CCCCC2CN)ccc1OC.Cl. The Labute approximate surface area is 167 Å². The van der Waals surface area contributed by atoms with Crippen molar-refractivity contribution >= 4 is 28.3 Å². The van der Waals surface area contributed by atoms with Gasteiger partial charge in [-0.2, -0.15) is 0 Å². The molecule has 154 valence electrons. The van der Waals surface area contributed by atoms with Crippen LogP contribution in [-0.4, -0.2) is 34.0 Å². The van der Waals surface area contributed by atoms with E-state index in [1.165, 1.54) is 13.2 Å². The second-order valence-corrected chi connectivity index (χ2v) is 8.33. The van der Waals surface area contributed by atoms with E-state index in [-0.39, 0.29) is 41.7 Å². The van der Waals surface area contributed by atoms with Gasteiger partial charge in [0.15, 0.2) is 0 Å². The summed E-state index contributed by atoms with van der Waals surface area (Å²) in [6.07, 6.45) is 4.20. The van der Waals surface area contributed by atoms with E-state index in [4.69, 9.17) is 10.5 Å². The molecule has 1 aliphatic carbocycles. The Balaban J connectivity index is 0.00000364. The van der Waals surface area contributed by atoms with Crippen LogP contribution in [0.3, 0.4) is 0 Å². The van der Waals surface area contributed by atoms with Crippen LogP contribution < -0.4 is 20.5 Å². The van der Waals surface area contributed by atoms with E-state index < -0.39 is 10.0 Å². The fourth-order valence-electron chi connectivity index (χ4n) is 3.29. The summed E-state index contributed by atoms with van der Waals surface area (Å²) in [6.45, 7) is 2.45. The first-order valence-corrected chi connectivity index (χ1v) is 10.6. The number of halogens is 1. The molecule has 0 aliphatic heterocycles. The van der Waals surface area contributed by atoms with Crippen molar-refractivity contribution in [2.45, 2.75) is 56.5 Å². The normalized spacial score (nSPS) is 19.8. The van der Waals surface area contributed by atoms with Gasteiger partial charge in [0.05, 0.1) is 12.0 Å². The van der Waals surface area contributed by atoms with Crippen LogP contribution in [0, 0.1) is 5.92 Å². The first-order valence-electron chi connectivity index (χ1n) is 9.07. The molecule has 1 amide bonds. The fourth-order valence-corrected chi connectivity index (χ4v) is 4.68. The first-order chi connectivity index (χ1) is 12.4. The average molecular weight is 420 g/mol. The van der Waals surface area contributed by atoms with Gasteiger partial charge in [-0.1, -0.05) is 19.8 Å². The molecule has 0 bridgehead atoms. The number of hydrogen-bond donors (Lipinski definition) is 3. The maximum Gasteiger partial charge on any atom is 0.240 e. The summed E-state index contributed by atoms with van der Waals surface area (Å²) in [4.78, 5) is 11.7. The lowest BCUT2D eigenvalue weighted by molar-refractivity contribution is -0.120. The smallest absolute Gasteiger partial charge is 0.240 e. The maximum atomic E-state index is 12.8. The summed E-state index contributed by atoms with van der Waals surface area (Å²) in [5.74, 6) is 0.601. The molecule has 2 atom stereocenters. The number of rotatable bonds is 8. The molecule has 0 saturated heterocycles. The maximum absolute atomic E-state index is 12.8. The van der Waals surface area contributed by atoms with Crippen molar-refractivity contribution < 1.29 is 17.9 Å². The Morgan fingerprint density at radius 1 is 1.30 bits per heavy atom. The summed E-state index contributed by atoms with van der Waals surface area (Å²) in [7, 11) is -2.15. The number of methoxy groups -OCH3 is 1. The summed E-state index contributed by atoms with van der Waals surface area (Å²) in [6, 6.07) is 4.55. The lowest BCUT2D eigenvalue weighted by atomic mass is 9.85. The van der Waals surface area contributed by atoms with Crippen LogP contribution in [0.4, 0.5) is 0 Å². The molecule has 2 rings (SSSR count). The standard InChI is InChI=1S/C18H29N3O4S.ClH/c1-3-18(22)20-12-14-10-15(8-9-17(14)25-2)26(23,24)21-16-7-5-4-6-13(16)11-19;/h8-10,13,16,21H,3-7,11-12,19H2,1-2H3,(H,20,22);1H. The molecule has 1 saturated carbocycles. The zero-order valence-electron chi connectivity index (χ0n) is 15.9. The Bertz CT molecular complexity index is 727. The van der Waals surface area contributed by atoms with E-state index in [0.29, 0.717) is 24.3 Å². The quantitative estimate of drug-likeness (QED) is 0.596. The highest BCUT2D eigenvalue weighted by Crippen LogP contribution is 2.27. The van der Waals surface area contributed by atoms with Gasteiger partial charge in [0, 0.05) is 24.6 Å². The Morgan fingerprint density at radius 3 is 2.63 bits per heavy atom. The lowest BCUT2D eigenvalue weighted by Gasteiger charge is -2.31. The van der Waals surface area contributed by atoms with E-state index in [2.05, 4.69) is 10.0 Å². The van der Waals surface area contributed by atoms with Gasteiger partial charge in [-0.25, -0.2) is 13.1 Å². The molecule has 0 heterocycles. The second kappa shape index (κ2) is 10.8. The van der Waals surface area contributed by atoms with Crippen LogP contribution in [0.15, 0.2) is 23.1 Å². The zero-order valence-corrected chi connectivity index (χ0v) is 17.5. The molecule has 1 aliphatic rings. The van der Waals surface area contributed by atoms with Gasteiger partial charge in [0.25, 0.3) is 0 Å². The number of ether oxygens (including phenoxy) is 1. The van der Waals surface area contributed by atoms with Gasteiger partial charge in [-0.3, -0.25) is 4.79 Å². The Hall–Kier alpha value is -1.35. The number of sulfonamides is 1. The highest BCUT2D eigenvalue weighted by Gasteiger charge is 2.29. The molecule has 0 radical (unpaired) electrons. The number of amides is 1. The number of carbonyl (C=O) groups is 1. The van der Waals surface area contributed by atoms with Gasteiger partial charge in [-0.15, -0.1) is 12.4 Å². The monoisotopic (exact) mass is 419 g/mol. The third kappa shape index (κ3) is 6.34. The summed E-state index contributed by atoms with van der Waals surface area (Å²) in [5.41, 5.74) is 6.42. The number of benzene rings is 1. The number of carbonyl (C=O) groups excluding carboxylic acids is 1. The van der Waals surface area contributed by atoms with Crippen LogP contribution in [0.2, 0.25) is 0 Å². The molecular weight excluding hydrogens is 390 g/mol. The van der Waals surface area contributed by atoms with E-state index in [1.807, 2.05) is 0 Å². The van der Waals surface area contributed by atoms with Gasteiger partial charge < -0.3 is 15.8 Å². The first kappa shape index (κ1) is 23.7. The van der Waals surface area contributed by atoms with Crippen molar-refractivity contribution in [2.75, 3.05) is 13.7 Å². The third-order valence-electron chi connectivity index (χ3n) is 4.88. The predicted molar refractivity (Wildman–Crippen MR) is 108 cm³/mol. The van der Waals surface area contributed by atoms with Crippen molar-refractivity contribution in [1.29, 1.82) is 0 Å². The second-order valence-electron chi connectivity index (χ2n) is 6.61. The summed E-state index contributed by atoms with van der Waals surface area (Å²) < 4.78 is 33.8. The highest BCUT2D eigenvalue weighted by molar-refractivity contribution is 7.89. The summed E-state index contributed by atoms with van der Waals surface area (Å²) in [5, 5.41) is 2.75. The third-order valence-corrected chi connectivity index (χ3v) is 6.37. The molecule has 9 heteroatoms. The molecule has 1 fully saturated rings. The Kier molecular flexibility index (Phi) is 9.52. The fraction of sp³-hybridized carbons (Fsp3) is 0.611. The van der Waals surface area contributed by atoms with Crippen molar-refractivity contribution in [1.82, 2.24) is 10.0 Å². The molecule has 0 spiro atoms. The topological polar surface area (TPSA) is 111 Å². The molecule has 0 aromatic heterocycles. The van der Waals surface area contributed by atoms with E-state index in [0.717, 1.165) is 25.7 Å². The largest absolute Gasteiger partial charge is 0.496 e. The van der Waals surface area contributed by atoms with Gasteiger partial charge >= 0.3 is 0 Å². The van der Waals surface area contributed by atoms with Crippen LogP contribution in [-0.2, 0) is 21.4 Å². The minimum atomic E-state index is -3.67. The van der Waals surface area contributed by atoms with Gasteiger partial charge in [-0.05, 0) is 43.5 Å². The van der Waals surface area contributed by atoms with Crippen LogP contribution in [0.25, 0.3) is 0 Å². The van der Waals surface area contributed by atoms with Crippen molar-refractivity contribution in [2.24, 2.45) is 11.7 Å². The molecule has 1 aromatic rings. The minimum absolute atomic E-state index is 0. The molecule has 27 heavy (non-hydrogen) atoms. The molecule has 1 aromatic carbocycles. The van der Waals surface area contributed by atoms with Gasteiger partial charge in [0.2, 0.25) is 15.9 Å². The predicted octanol–water partition coefficient (Wildman–Crippen LogP) is 1.94. The Morgan fingerprint density at radius 2 is 2.00 bits per heavy atom. The molecular formula is C18H30ClN3O4S. The molecule has 4 N–H and O–H groups in total. The molecule has 7 nitrogen and oxygen atoms in total. The average Bonchev–Trinajstić information content (AvgIpc) is 2.65. The number of hydrogen-bond acceptors (Lipinski definition) is 5. The van der Waals surface area contributed by atoms with E-state index in [1.54, 1.807) is 19.1 Å². The van der Waals surface area contributed by atoms with Crippen molar-refractivity contribution in [3.05, 3.63) is 23.8 Å².